The van der Waals surface area contributed by atoms with E-state index in [4.69, 9.17) is 9.47 Å². The first-order chi connectivity index (χ1) is 13.2. The van der Waals surface area contributed by atoms with Crippen molar-refractivity contribution in [3.05, 3.63) is 54.1 Å². The number of sulfonamides is 1. The SMILES string of the molecule is COc1ccc(CCN(CC2CO2)S(=O)(=O)c2ccc(S(C)(=O)=O)cc2)cc1. The molecule has 0 saturated carbocycles. The minimum absolute atomic E-state index is 0.0651. The van der Waals surface area contributed by atoms with E-state index in [0.717, 1.165) is 17.6 Å². The largest absolute Gasteiger partial charge is 0.497 e. The van der Waals surface area contributed by atoms with E-state index in [-0.39, 0.29) is 22.4 Å². The van der Waals surface area contributed by atoms with E-state index in [1.807, 2.05) is 24.3 Å². The Morgan fingerprint density at radius 2 is 1.57 bits per heavy atom. The number of sulfone groups is 1. The van der Waals surface area contributed by atoms with Gasteiger partial charge in [-0.05, 0) is 48.4 Å². The maximum atomic E-state index is 13.1. The summed E-state index contributed by atoms with van der Waals surface area (Å²) in [7, 11) is -5.56. The molecule has 7 nitrogen and oxygen atoms in total. The summed E-state index contributed by atoms with van der Waals surface area (Å²) in [6.07, 6.45) is 1.53. The first kappa shape index (κ1) is 20.8. The van der Waals surface area contributed by atoms with Crippen molar-refractivity contribution in [1.29, 1.82) is 0 Å². The van der Waals surface area contributed by atoms with Gasteiger partial charge in [-0.15, -0.1) is 0 Å². The Balaban J connectivity index is 1.78. The van der Waals surface area contributed by atoms with Crippen molar-refractivity contribution in [2.75, 3.05) is 33.1 Å². The van der Waals surface area contributed by atoms with Gasteiger partial charge in [-0.25, -0.2) is 16.8 Å². The maximum absolute atomic E-state index is 13.1. The Labute approximate surface area is 165 Å². The van der Waals surface area contributed by atoms with Gasteiger partial charge in [-0.1, -0.05) is 12.1 Å². The number of ether oxygens (including phenoxy) is 2. The van der Waals surface area contributed by atoms with E-state index in [1.54, 1.807) is 7.11 Å². The highest BCUT2D eigenvalue weighted by atomic mass is 32.2. The van der Waals surface area contributed by atoms with Crippen molar-refractivity contribution in [2.24, 2.45) is 0 Å². The highest BCUT2D eigenvalue weighted by Gasteiger charge is 2.32. The monoisotopic (exact) mass is 425 g/mol. The number of rotatable bonds is 9. The van der Waals surface area contributed by atoms with Gasteiger partial charge in [0, 0.05) is 19.3 Å². The van der Waals surface area contributed by atoms with Crippen LogP contribution >= 0.6 is 0 Å². The number of nitrogens with zero attached hydrogens (tertiary/aromatic N) is 1. The average Bonchev–Trinajstić information content (AvgIpc) is 3.49. The minimum Gasteiger partial charge on any atom is -0.497 e. The second-order valence-corrected chi connectivity index (χ2v) is 10.6. The van der Waals surface area contributed by atoms with Crippen LogP contribution in [-0.2, 0) is 31.0 Å². The molecule has 0 amide bonds. The van der Waals surface area contributed by atoms with Gasteiger partial charge in [-0.2, -0.15) is 4.31 Å². The van der Waals surface area contributed by atoms with Crippen LogP contribution in [0.4, 0.5) is 0 Å². The second-order valence-electron chi connectivity index (χ2n) is 6.66. The summed E-state index contributed by atoms with van der Waals surface area (Å²) in [5.41, 5.74) is 0.991. The van der Waals surface area contributed by atoms with Crippen LogP contribution in [0.3, 0.4) is 0 Å². The number of methoxy groups -OCH3 is 1. The molecule has 9 heteroatoms. The molecule has 0 N–H and O–H groups in total. The number of benzene rings is 2. The molecule has 1 aliphatic rings. The molecule has 0 radical (unpaired) electrons. The Hall–Kier alpha value is -1.94. The number of hydrogen-bond donors (Lipinski definition) is 0. The molecule has 0 aliphatic carbocycles. The lowest BCUT2D eigenvalue weighted by Gasteiger charge is -2.21. The Kier molecular flexibility index (Phi) is 6.09. The highest BCUT2D eigenvalue weighted by Crippen LogP contribution is 2.22. The van der Waals surface area contributed by atoms with Gasteiger partial charge in [0.2, 0.25) is 10.0 Å². The van der Waals surface area contributed by atoms with Gasteiger partial charge < -0.3 is 9.47 Å². The van der Waals surface area contributed by atoms with Crippen LogP contribution in [0.25, 0.3) is 0 Å². The predicted octanol–water partition coefficient (Wildman–Crippen LogP) is 1.73. The molecule has 0 spiro atoms. The zero-order valence-electron chi connectivity index (χ0n) is 15.7. The Morgan fingerprint density at radius 1 is 1.00 bits per heavy atom. The fourth-order valence-electron chi connectivity index (χ4n) is 2.76. The van der Waals surface area contributed by atoms with Gasteiger partial charge in [0.1, 0.15) is 5.75 Å². The Bertz CT molecular complexity index is 1010. The van der Waals surface area contributed by atoms with Crippen LogP contribution in [-0.4, -0.2) is 60.3 Å². The summed E-state index contributed by atoms with van der Waals surface area (Å²) in [5, 5.41) is 0. The van der Waals surface area contributed by atoms with Crippen molar-refractivity contribution in [1.82, 2.24) is 4.31 Å². The normalized spacial score (nSPS) is 16.9. The fourth-order valence-corrected chi connectivity index (χ4v) is 4.87. The fraction of sp³-hybridized carbons (Fsp3) is 0.368. The molecule has 0 aromatic heterocycles. The van der Waals surface area contributed by atoms with Gasteiger partial charge in [-0.3, -0.25) is 0 Å². The summed E-state index contributed by atoms with van der Waals surface area (Å²) in [5.74, 6) is 0.741. The number of hydrogen-bond acceptors (Lipinski definition) is 6. The van der Waals surface area contributed by atoms with E-state index >= 15 is 0 Å². The van der Waals surface area contributed by atoms with Crippen LogP contribution < -0.4 is 4.74 Å². The quantitative estimate of drug-likeness (QED) is 0.568. The third kappa shape index (κ3) is 5.11. The molecule has 0 bridgehead atoms. The van der Waals surface area contributed by atoms with Gasteiger partial charge >= 0.3 is 0 Å². The molecule has 1 heterocycles. The average molecular weight is 426 g/mol. The van der Waals surface area contributed by atoms with Gasteiger partial charge in [0.25, 0.3) is 0 Å². The smallest absolute Gasteiger partial charge is 0.243 e. The molecule has 1 aliphatic heterocycles. The maximum Gasteiger partial charge on any atom is 0.243 e. The Morgan fingerprint density at radius 3 is 2.07 bits per heavy atom. The van der Waals surface area contributed by atoms with E-state index in [1.165, 1.54) is 28.6 Å². The van der Waals surface area contributed by atoms with Crippen LogP contribution in [0.2, 0.25) is 0 Å². The molecule has 2 aromatic carbocycles. The molecule has 28 heavy (non-hydrogen) atoms. The zero-order chi connectivity index (χ0) is 20.4. The summed E-state index contributed by atoms with van der Waals surface area (Å²) < 4.78 is 61.1. The predicted molar refractivity (Wildman–Crippen MR) is 105 cm³/mol. The molecular formula is C19H23NO6S2. The molecule has 1 unspecified atom stereocenters. The second kappa shape index (κ2) is 8.20. The van der Waals surface area contributed by atoms with Gasteiger partial charge in [0.05, 0.1) is 29.6 Å². The minimum atomic E-state index is -3.77. The van der Waals surface area contributed by atoms with E-state index in [0.29, 0.717) is 19.6 Å². The standard InChI is InChI=1S/C19H23NO6S2/c1-25-16-5-3-15(4-6-16)11-12-20(13-17-14-26-17)28(23,24)19-9-7-18(8-10-19)27(2,21)22/h3-10,17H,11-14H2,1-2H3. The van der Waals surface area contributed by atoms with Crippen LogP contribution in [0.5, 0.6) is 5.75 Å². The number of epoxide rings is 1. The van der Waals surface area contributed by atoms with Crippen molar-refractivity contribution in [3.63, 3.8) is 0 Å². The lowest BCUT2D eigenvalue weighted by atomic mass is 10.1. The molecule has 3 rings (SSSR count). The topological polar surface area (TPSA) is 93.3 Å². The molecule has 152 valence electrons. The molecule has 1 saturated heterocycles. The zero-order valence-corrected chi connectivity index (χ0v) is 17.4. The summed E-state index contributed by atoms with van der Waals surface area (Å²) >= 11 is 0. The van der Waals surface area contributed by atoms with Crippen LogP contribution in [0.15, 0.2) is 58.3 Å². The summed E-state index contributed by atoms with van der Waals surface area (Å²) in [4.78, 5) is 0.150. The van der Waals surface area contributed by atoms with Crippen molar-refractivity contribution >= 4 is 19.9 Å². The third-order valence-corrected chi connectivity index (χ3v) is 7.52. The highest BCUT2D eigenvalue weighted by molar-refractivity contribution is 7.90. The molecular weight excluding hydrogens is 402 g/mol. The molecule has 1 fully saturated rings. The molecule has 2 aromatic rings. The summed E-state index contributed by atoms with van der Waals surface area (Å²) in [6.45, 7) is 1.11. The third-order valence-electron chi connectivity index (χ3n) is 4.51. The van der Waals surface area contributed by atoms with E-state index in [2.05, 4.69) is 0 Å². The van der Waals surface area contributed by atoms with Crippen molar-refractivity contribution in [2.45, 2.75) is 22.3 Å². The van der Waals surface area contributed by atoms with E-state index in [9.17, 15) is 16.8 Å². The first-order valence-electron chi connectivity index (χ1n) is 8.75. The van der Waals surface area contributed by atoms with Gasteiger partial charge in [0.15, 0.2) is 9.84 Å². The van der Waals surface area contributed by atoms with Crippen molar-refractivity contribution < 1.29 is 26.3 Å². The lowest BCUT2D eigenvalue weighted by molar-refractivity contribution is 0.336. The summed E-state index contributed by atoms with van der Waals surface area (Å²) in [6, 6.07) is 12.8. The van der Waals surface area contributed by atoms with Crippen molar-refractivity contribution in [3.8, 4) is 5.75 Å². The first-order valence-corrected chi connectivity index (χ1v) is 12.1. The van der Waals surface area contributed by atoms with Crippen LogP contribution in [0, 0.1) is 0 Å². The lowest BCUT2D eigenvalue weighted by Crippen LogP contribution is -2.36. The molecule has 1 atom stereocenters. The van der Waals surface area contributed by atoms with Crippen LogP contribution in [0.1, 0.15) is 5.56 Å². The van der Waals surface area contributed by atoms with E-state index < -0.39 is 19.9 Å².